The number of anilines is 1. The second-order valence-electron chi connectivity index (χ2n) is 5.94. The molecular weight excluding hydrogens is 267 g/mol. The van der Waals surface area contributed by atoms with Crippen molar-refractivity contribution in [3.63, 3.8) is 0 Å². The quantitative estimate of drug-likeness (QED) is 0.816. The first-order valence-electron chi connectivity index (χ1n) is 7.92. The summed E-state index contributed by atoms with van der Waals surface area (Å²) >= 11 is 0. The van der Waals surface area contributed by atoms with Crippen molar-refractivity contribution in [1.29, 1.82) is 0 Å². The van der Waals surface area contributed by atoms with E-state index in [1.54, 1.807) is 19.2 Å². The van der Waals surface area contributed by atoms with Gasteiger partial charge in [0.05, 0.1) is 6.10 Å². The molecule has 1 aromatic carbocycles. The van der Waals surface area contributed by atoms with Gasteiger partial charge in [-0.3, -0.25) is 0 Å². The Balaban J connectivity index is 2.14. The molecule has 2 rings (SSSR count). The minimum absolute atomic E-state index is 0.166. The van der Waals surface area contributed by atoms with Crippen molar-refractivity contribution in [1.82, 2.24) is 5.32 Å². The zero-order valence-electron chi connectivity index (χ0n) is 13.4. The third kappa shape index (κ3) is 4.17. The number of nitrogens with zero attached hydrogens (tertiary/aromatic N) is 1. The van der Waals surface area contributed by atoms with Crippen LogP contribution in [0.1, 0.15) is 32.3 Å². The Morgan fingerprint density at radius 3 is 2.95 bits per heavy atom. The Morgan fingerprint density at radius 2 is 2.24 bits per heavy atom. The Morgan fingerprint density at radius 1 is 1.43 bits per heavy atom. The van der Waals surface area contributed by atoms with Crippen LogP contribution in [-0.4, -0.2) is 32.8 Å². The maximum absolute atomic E-state index is 13.6. The molecule has 0 saturated carbocycles. The van der Waals surface area contributed by atoms with Crippen LogP contribution in [-0.2, 0) is 11.3 Å². The largest absolute Gasteiger partial charge is 0.379 e. The highest BCUT2D eigenvalue weighted by Gasteiger charge is 2.27. The van der Waals surface area contributed by atoms with Gasteiger partial charge in [-0.1, -0.05) is 13.8 Å². The van der Waals surface area contributed by atoms with Gasteiger partial charge in [-0.2, -0.15) is 0 Å². The van der Waals surface area contributed by atoms with Gasteiger partial charge in [0, 0.05) is 32.4 Å². The van der Waals surface area contributed by atoms with Crippen LogP contribution in [0.3, 0.4) is 0 Å². The van der Waals surface area contributed by atoms with E-state index in [1.165, 1.54) is 0 Å². The Hall–Kier alpha value is -1.13. The number of nitrogens with one attached hydrogen (secondary N) is 1. The fraction of sp³-hybridized carbons (Fsp3) is 0.647. The van der Waals surface area contributed by atoms with Gasteiger partial charge in [-0.05, 0) is 49.1 Å². The topological polar surface area (TPSA) is 24.5 Å². The van der Waals surface area contributed by atoms with Crippen LogP contribution < -0.4 is 10.2 Å². The first-order valence-corrected chi connectivity index (χ1v) is 7.92. The van der Waals surface area contributed by atoms with Crippen LogP contribution in [0.25, 0.3) is 0 Å². The molecule has 21 heavy (non-hydrogen) atoms. The molecule has 0 aromatic heterocycles. The van der Waals surface area contributed by atoms with Crippen molar-refractivity contribution in [3.8, 4) is 0 Å². The van der Waals surface area contributed by atoms with Crippen LogP contribution in [0, 0.1) is 11.7 Å². The van der Waals surface area contributed by atoms with Crippen LogP contribution in [0.15, 0.2) is 18.2 Å². The summed E-state index contributed by atoms with van der Waals surface area (Å²) in [5.41, 5.74) is 2.17. The Bertz CT molecular complexity index is 452. The van der Waals surface area contributed by atoms with Gasteiger partial charge in [0.25, 0.3) is 0 Å². The zero-order valence-corrected chi connectivity index (χ0v) is 13.4. The summed E-state index contributed by atoms with van der Waals surface area (Å²) in [5, 5.41) is 3.37. The molecule has 0 amide bonds. The van der Waals surface area contributed by atoms with Gasteiger partial charge in [-0.25, -0.2) is 4.39 Å². The summed E-state index contributed by atoms with van der Waals surface area (Å²) in [4.78, 5) is 2.33. The van der Waals surface area contributed by atoms with Crippen LogP contribution in [0.5, 0.6) is 0 Å². The number of piperidine rings is 1. The summed E-state index contributed by atoms with van der Waals surface area (Å²) < 4.78 is 19.1. The minimum atomic E-state index is -0.166. The smallest absolute Gasteiger partial charge is 0.123 e. The molecule has 3 nitrogen and oxygen atoms in total. The third-order valence-corrected chi connectivity index (χ3v) is 4.32. The minimum Gasteiger partial charge on any atom is -0.379 e. The van der Waals surface area contributed by atoms with E-state index >= 15 is 0 Å². The maximum atomic E-state index is 13.6. The molecule has 1 aromatic rings. The van der Waals surface area contributed by atoms with E-state index in [1.807, 2.05) is 6.07 Å². The lowest BCUT2D eigenvalue weighted by Gasteiger charge is -2.38. The number of hydrogen-bond acceptors (Lipinski definition) is 3. The van der Waals surface area contributed by atoms with Crippen molar-refractivity contribution in [3.05, 3.63) is 29.6 Å². The average molecular weight is 294 g/mol. The van der Waals surface area contributed by atoms with E-state index < -0.39 is 0 Å². The summed E-state index contributed by atoms with van der Waals surface area (Å²) in [6.45, 7) is 7.92. The number of methoxy groups -OCH3 is 1. The van der Waals surface area contributed by atoms with Gasteiger partial charge in [0.1, 0.15) is 5.82 Å². The predicted octanol–water partition coefficient (Wildman–Crippen LogP) is 3.19. The van der Waals surface area contributed by atoms with Crippen molar-refractivity contribution < 1.29 is 9.13 Å². The predicted molar refractivity (Wildman–Crippen MR) is 85.2 cm³/mol. The molecule has 0 aliphatic carbocycles. The van der Waals surface area contributed by atoms with Gasteiger partial charge in [-0.15, -0.1) is 0 Å². The van der Waals surface area contributed by atoms with Crippen LogP contribution in [0.2, 0.25) is 0 Å². The molecule has 1 fully saturated rings. The highest BCUT2D eigenvalue weighted by Crippen LogP contribution is 2.28. The van der Waals surface area contributed by atoms with Crippen molar-refractivity contribution in [2.75, 3.05) is 31.6 Å². The average Bonchev–Trinajstić information content (AvgIpc) is 2.48. The Kier molecular flexibility index (Phi) is 6.00. The normalized spacial score (nSPS) is 22.6. The number of rotatable bonds is 6. The second kappa shape index (κ2) is 7.76. The molecule has 1 saturated heterocycles. The molecule has 0 spiro atoms. The molecule has 2 atom stereocenters. The van der Waals surface area contributed by atoms with Crippen molar-refractivity contribution >= 4 is 5.69 Å². The lowest BCUT2D eigenvalue weighted by atomic mass is 9.95. The third-order valence-electron chi connectivity index (χ3n) is 4.32. The zero-order chi connectivity index (χ0) is 15.2. The highest BCUT2D eigenvalue weighted by molar-refractivity contribution is 5.54. The van der Waals surface area contributed by atoms with Crippen molar-refractivity contribution in [2.45, 2.75) is 39.3 Å². The number of benzene rings is 1. The first kappa shape index (κ1) is 16.2. The van der Waals surface area contributed by atoms with E-state index in [2.05, 4.69) is 24.1 Å². The SMILES string of the molecule is CCCNCc1cc(F)ccc1N1CCC(C)C(OC)C1. The van der Waals surface area contributed by atoms with E-state index in [0.29, 0.717) is 12.5 Å². The monoisotopic (exact) mass is 294 g/mol. The highest BCUT2D eigenvalue weighted by atomic mass is 19.1. The van der Waals surface area contributed by atoms with E-state index in [-0.39, 0.29) is 11.9 Å². The molecular formula is C17H27FN2O. The Labute approximate surface area is 127 Å². The standard InChI is InChI=1S/C17H27FN2O/c1-4-8-19-11-14-10-15(18)5-6-16(14)20-9-7-13(2)17(12-20)21-3/h5-6,10,13,17,19H,4,7-9,11-12H2,1-3H3. The number of ether oxygens (including phenoxy) is 1. The van der Waals surface area contributed by atoms with Crippen LogP contribution in [0.4, 0.5) is 10.1 Å². The van der Waals surface area contributed by atoms with Gasteiger partial charge in [0.15, 0.2) is 0 Å². The lowest BCUT2D eigenvalue weighted by Crippen LogP contribution is -2.44. The number of halogens is 1. The summed E-state index contributed by atoms with van der Waals surface area (Å²) in [6, 6.07) is 5.11. The summed E-state index contributed by atoms with van der Waals surface area (Å²) in [7, 11) is 1.78. The van der Waals surface area contributed by atoms with E-state index in [9.17, 15) is 4.39 Å². The van der Waals surface area contributed by atoms with E-state index in [4.69, 9.17) is 4.74 Å². The lowest BCUT2D eigenvalue weighted by molar-refractivity contribution is 0.0498. The molecule has 1 N–H and O–H groups in total. The molecule has 0 radical (unpaired) electrons. The molecule has 0 bridgehead atoms. The molecule has 1 aliphatic heterocycles. The second-order valence-corrected chi connectivity index (χ2v) is 5.94. The van der Waals surface area contributed by atoms with E-state index in [0.717, 1.165) is 43.7 Å². The molecule has 2 unspecified atom stereocenters. The first-order chi connectivity index (χ1) is 10.2. The maximum Gasteiger partial charge on any atom is 0.123 e. The van der Waals surface area contributed by atoms with Crippen LogP contribution >= 0.6 is 0 Å². The fourth-order valence-electron chi connectivity index (χ4n) is 2.96. The fourth-order valence-corrected chi connectivity index (χ4v) is 2.96. The summed E-state index contributed by atoms with van der Waals surface area (Å²) in [5.74, 6) is 0.411. The number of hydrogen-bond donors (Lipinski definition) is 1. The van der Waals surface area contributed by atoms with Gasteiger partial charge in [0.2, 0.25) is 0 Å². The molecule has 1 aliphatic rings. The van der Waals surface area contributed by atoms with Gasteiger partial charge >= 0.3 is 0 Å². The molecule has 118 valence electrons. The molecule has 1 heterocycles. The van der Waals surface area contributed by atoms with Crippen molar-refractivity contribution in [2.24, 2.45) is 5.92 Å². The molecule has 4 heteroatoms. The summed E-state index contributed by atoms with van der Waals surface area (Å²) in [6.07, 6.45) is 2.44. The van der Waals surface area contributed by atoms with Gasteiger partial charge < -0.3 is 15.0 Å².